The second-order valence-electron chi connectivity index (χ2n) is 4.31. The monoisotopic (exact) mass is 299 g/mol. The topological polar surface area (TPSA) is 12.9 Å². The molecule has 0 aliphatic rings. The first-order chi connectivity index (χ1) is 8.83. The summed E-state index contributed by atoms with van der Waals surface area (Å²) < 4.78 is 6.04. The van der Waals surface area contributed by atoms with E-state index >= 15 is 0 Å². The fraction of sp³-hybridized carbons (Fsp3) is 0.0625. The Morgan fingerprint density at radius 2 is 1.56 bits per heavy atom. The van der Waals surface area contributed by atoms with E-state index < -0.39 is 0 Å². The minimum atomic E-state index is 0.209. The Balaban J connectivity index is 1.97. The molecule has 0 aliphatic heterocycles. The van der Waals surface area contributed by atoms with Gasteiger partial charge < -0.3 is 0 Å². The molecule has 1 aromatic heterocycles. The van der Waals surface area contributed by atoms with Crippen molar-refractivity contribution < 1.29 is 0 Å². The molecule has 0 fully saturated rings. The van der Waals surface area contributed by atoms with Crippen LogP contribution in [0, 0.1) is 6.92 Å². The van der Waals surface area contributed by atoms with Crippen LogP contribution in [0.25, 0.3) is 21.3 Å². The molecule has 1 nitrogen and oxygen atoms in total. The molecular weight excluding hydrogens is 285 g/mol. The maximum absolute atomic E-state index is 4.67. The molecule has 88 valence electrons. The summed E-state index contributed by atoms with van der Waals surface area (Å²) in [5, 5.41) is 0. The minimum absolute atomic E-state index is 0.209. The summed E-state index contributed by atoms with van der Waals surface area (Å²) in [6.07, 6.45) is 0. The van der Waals surface area contributed by atoms with Crippen molar-refractivity contribution in [2.75, 3.05) is 0 Å². The summed E-state index contributed by atoms with van der Waals surface area (Å²) in [6, 6.07) is 21.3. The van der Waals surface area contributed by atoms with Gasteiger partial charge in [-0.25, -0.2) is 0 Å². The van der Waals surface area contributed by atoms with Gasteiger partial charge in [-0.1, -0.05) is 0 Å². The van der Waals surface area contributed by atoms with Crippen molar-refractivity contribution in [3.05, 3.63) is 66.2 Å². The summed E-state index contributed by atoms with van der Waals surface area (Å²) in [5.41, 5.74) is 4.93. The van der Waals surface area contributed by atoms with Gasteiger partial charge in [0.1, 0.15) is 0 Å². The predicted molar refractivity (Wildman–Crippen MR) is 76.8 cm³/mol. The van der Waals surface area contributed by atoms with Crippen molar-refractivity contribution in [2.45, 2.75) is 6.92 Å². The molecule has 0 unspecified atom stereocenters. The van der Waals surface area contributed by atoms with E-state index in [-0.39, 0.29) is 14.7 Å². The molecular formula is C16H13NSe. The molecule has 3 aromatic rings. The summed E-state index contributed by atoms with van der Waals surface area (Å²) in [6.45, 7) is 2.11. The van der Waals surface area contributed by atoms with Crippen LogP contribution in [-0.2, 0) is 0 Å². The Kier molecular flexibility index (Phi) is 3.14. The van der Waals surface area contributed by atoms with E-state index in [1.54, 1.807) is 0 Å². The van der Waals surface area contributed by atoms with Crippen LogP contribution in [0.15, 0.2) is 60.7 Å². The van der Waals surface area contributed by atoms with Gasteiger partial charge in [0.15, 0.2) is 0 Å². The molecule has 3 rings (SSSR count). The van der Waals surface area contributed by atoms with Crippen LogP contribution < -0.4 is 0 Å². The Hall–Kier alpha value is -1.63. The van der Waals surface area contributed by atoms with E-state index in [4.69, 9.17) is 0 Å². The Bertz CT molecular complexity index is 638. The van der Waals surface area contributed by atoms with Gasteiger partial charge in [-0.05, 0) is 0 Å². The van der Waals surface area contributed by atoms with Crippen LogP contribution in [0.3, 0.4) is 0 Å². The summed E-state index contributed by atoms with van der Waals surface area (Å²) in [7, 11) is 0. The number of rotatable bonds is 2. The average Bonchev–Trinajstić information content (AvgIpc) is 2.90. The first-order valence-corrected chi connectivity index (χ1v) is 7.54. The summed E-state index contributed by atoms with van der Waals surface area (Å²) >= 11 is 0.209. The predicted octanol–water partition coefficient (Wildman–Crippen LogP) is 3.78. The number of aromatic nitrogens is 1. The third-order valence-electron chi connectivity index (χ3n) is 2.92. The average molecular weight is 298 g/mol. The van der Waals surface area contributed by atoms with Crippen LogP contribution in [0.2, 0.25) is 0 Å². The molecule has 0 atom stereocenters. The van der Waals surface area contributed by atoms with Crippen molar-refractivity contribution in [1.82, 2.24) is 3.98 Å². The van der Waals surface area contributed by atoms with Crippen LogP contribution in [0.4, 0.5) is 0 Å². The van der Waals surface area contributed by atoms with Crippen molar-refractivity contribution in [2.24, 2.45) is 0 Å². The summed E-state index contributed by atoms with van der Waals surface area (Å²) in [4.78, 5) is 0. The van der Waals surface area contributed by atoms with Gasteiger partial charge in [-0.3, -0.25) is 0 Å². The van der Waals surface area contributed by atoms with E-state index in [9.17, 15) is 0 Å². The van der Waals surface area contributed by atoms with Gasteiger partial charge in [-0.2, -0.15) is 0 Å². The molecule has 0 N–H and O–H groups in total. The standard InChI is InChI=1S/C16H13NSe/c1-12-7-9-14(10-8-12)16-11-15(17-18-16)13-5-3-2-4-6-13/h2-11H,1H3. The van der Waals surface area contributed by atoms with Gasteiger partial charge in [0.05, 0.1) is 0 Å². The second-order valence-corrected chi connectivity index (χ2v) is 6.00. The molecule has 0 amide bonds. The zero-order chi connectivity index (χ0) is 12.4. The van der Waals surface area contributed by atoms with Gasteiger partial charge in [0.25, 0.3) is 0 Å². The number of nitrogens with zero attached hydrogens (tertiary/aromatic N) is 1. The first-order valence-electron chi connectivity index (χ1n) is 5.92. The number of hydrogen-bond donors (Lipinski definition) is 0. The Morgan fingerprint density at radius 3 is 2.28 bits per heavy atom. The van der Waals surface area contributed by atoms with E-state index in [0.717, 1.165) is 5.69 Å². The van der Waals surface area contributed by atoms with Crippen molar-refractivity contribution in [3.63, 3.8) is 0 Å². The second kappa shape index (κ2) is 4.93. The molecule has 2 aromatic carbocycles. The molecule has 2 heteroatoms. The van der Waals surface area contributed by atoms with Gasteiger partial charge in [0, 0.05) is 0 Å². The number of hydrogen-bond acceptors (Lipinski definition) is 1. The maximum atomic E-state index is 4.67. The quantitative estimate of drug-likeness (QED) is 0.656. The molecule has 1 heterocycles. The molecule has 0 radical (unpaired) electrons. The fourth-order valence-electron chi connectivity index (χ4n) is 1.87. The van der Waals surface area contributed by atoms with E-state index in [1.165, 1.54) is 21.1 Å². The summed E-state index contributed by atoms with van der Waals surface area (Å²) in [5.74, 6) is 0. The zero-order valence-electron chi connectivity index (χ0n) is 10.1. The number of aryl methyl sites for hydroxylation is 1. The third kappa shape index (κ3) is 2.31. The molecule has 0 saturated carbocycles. The molecule has 0 spiro atoms. The van der Waals surface area contributed by atoms with E-state index in [0.29, 0.717) is 0 Å². The van der Waals surface area contributed by atoms with Crippen LogP contribution in [0.5, 0.6) is 0 Å². The van der Waals surface area contributed by atoms with E-state index in [1.807, 2.05) is 6.07 Å². The van der Waals surface area contributed by atoms with Gasteiger partial charge in [0.2, 0.25) is 0 Å². The van der Waals surface area contributed by atoms with Gasteiger partial charge in [-0.15, -0.1) is 0 Å². The molecule has 0 bridgehead atoms. The molecule has 0 aliphatic carbocycles. The van der Waals surface area contributed by atoms with E-state index in [2.05, 4.69) is 65.5 Å². The fourth-order valence-corrected chi connectivity index (χ4v) is 3.47. The SMILES string of the molecule is Cc1ccc(-c2cc(-c3ccccc3)n[se]2)cc1. The Labute approximate surface area is 113 Å². The van der Waals surface area contributed by atoms with Crippen molar-refractivity contribution in [3.8, 4) is 21.3 Å². The van der Waals surface area contributed by atoms with Crippen molar-refractivity contribution >= 4 is 14.7 Å². The van der Waals surface area contributed by atoms with Crippen molar-refractivity contribution in [1.29, 1.82) is 0 Å². The first kappa shape index (κ1) is 11.5. The molecule has 0 saturated heterocycles. The zero-order valence-corrected chi connectivity index (χ0v) is 11.8. The molecule has 18 heavy (non-hydrogen) atoms. The normalized spacial score (nSPS) is 10.5. The van der Waals surface area contributed by atoms with Crippen LogP contribution in [0.1, 0.15) is 5.56 Å². The third-order valence-corrected chi connectivity index (χ3v) is 4.67. The Morgan fingerprint density at radius 1 is 0.833 bits per heavy atom. The van der Waals surface area contributed by atoms with Gasteiger partial charge >= 0.3 is 113 Å². The van der Waals surface area contributed by atoms with Crippen LogP contribution in [-0.4, -0.2) is 18.7 Å². The number of benzene rings is 2. The van der Waals surface area contributed by atoms with Crippen LogP contribution >= 0.6 is 0 Å².